The number of fused-ring (bicyclic) bond motifs is 1. The fourth-order valence-corrected chi connectivity index (χ4v) is 5.28. The molecular formula is C26H32N4O3. The van der Waals surface area contributed by atoms with Gasteiger partial charge in [0.1, 0.15) is 5.75 Å². The zero-order valence-corrected chi connectivity index (χ0v) is 19.5. The van der Waals surface area contributed by atoms with Crippen LogP contribution >= 0.6 is 0 Å². The molecule has 0 spiro atoms. The number of ether oxygens (including phenoxy) is 2. The Bertz CT molecular complexity index is 1050. The number of rotatable bonds is 5. The Morgan fingerprint density at radius 2 is 1.94 bits per heavy atom. The molecule has 0 radical (unpaired) electrons. The summed E-state index contributed by atoms with van der Waals surface area (Å²) in [6.07, 6.45) is 9.03. The molecule has 2 aliphatic heterocycles. The number of piperidine rings is 1. The van der Waals surface area contributed by atoms with E-state index >= 15 is 0 Å². The number of nitrogens with one attached hydrogen (secondary N) is 1. The number of likely N-dealkylation sites (tertiary alicyclic amines) is 1. The van der Waals surface area contributed by atoms with Gasteiger partial charge in [0.2, 0.25) is 0 Å². The van der Waals surface area contributed by atoms with E-state index in [9.17, 15) is 4.79 Å². The first-order valence-corrected chi connectivity index (χ1v) is 11.8. The van der Waals surface area contributed by atoms with Crippen LogP contribution in [0.2, 0.25) is 0 Å². The van der Waals surface area contributed by atoms with Crippen molar-refractivity contribution in [1.82, 2.24) is 14.8 Å². The maximum absolute atomic E-state index is 13.3. The van der Waals surface area contributed by atoms with Crippen LogP contribution in [-0.4, -0.2) is 80.3 Å². The second-order valence-corrected chi connectivity index (χ2v) is 8.85. The van der Waals surface area contributed by atoms with Crippen molar-refractivity contribution in [2.24, 2.45) is 0 Å². The molecule has 0 saturated carbocycles. The highest BCUT2D eigenvalue weighted by Crippen LogP contribution is 2.39. The van der Waals surface area contributed by atoms with E-state index in [4.69, 9.17) is 9.47 Å². The van der Waals surface area contributed by atoms with Crippen molar-refractivity contribution >= 4 is 17.7 Å². The summed E-state index contributed by atoms with van der Waals surface area (Å²) in [6.45, 7) is 5.21. The van der Waals surface area contributed by atoms with E-state index in [1.165, 1.54) is 0 Å². The minimum atomic E-state index is 0.0733. The van der Waals surface area contributed by atoms with Crippen LogP contribution in [0, 0.1) is 0 Å². The quantitative estimate of drug-likeness (QED) is 0.757. The third-order valence-electron chi connectivity index (χ3n) is 7.10. The molecular weight excluding hydrogens is 416 g/mol. The molecule has 174 valence electrons. The number of allylic oxidation sites excluding steroid dienone is 1. The zero-order chi connectivity index (χ0) is 22.8. The highest BCUT2D eigenvalue weighted by Gasteiger charge is 2.29. The van der Waals surface area contributed by atoms with Gasteiger partial charge in [-0.2, -0.15) is 0 Å². The van der Waals surface area contributed by atoms with Crippen molar-refractivity contribution in [3.63, 3.8) is 0 Å². The number of hydrogen-bond acceptors (Lipinski definition) is 6. The number of amides is 1. The first kappa shape index (κ1) is 21.9. The van der Waals surface area contributed by atoms with Gasteiger partial charge in [0.15, 0.2) is 0 Å². The Hall–Kier alpha value is -2.90. The molecule has 33 heavy (non-hydrogen) atoms. The molecule has 2 fully saturated rings. The number of anilines is 1. The van der Waals surface area contributed by atoms with Crippen LogP contribution < -0.4 is 10.1 Å². The summed E-state index contributed by atoms with van der Waals surface area (Å²) >= 11 is 0. The van der Waals surface area contributed by atoms with Gasteiger partial charge in [0, 0.05) is 74.1 Å². The van der Waals surface area contributed by atoms with Crippen molar-refractivity contribution in [2.75, 3.05) is 58.9 Å². The molecule has 1 amide bonds. The molecule has 1 aromatic carbocycles. The van der Waals surface area contributed by atoms with Crippen LogP contribution in [0.3, 0.4) is 0 Å². The van der Waals surface area contributed by atoms with Gasteiger partial charge in [0.05, 0.1) is 31.7 Å². The van der Waals surface area contributed by atoms with Crippen molar-refractivity contribution in [2.45, 2.75) is 25.3 Å². The van der Waals surface area contributed by atoms with Gasteiger partial charge in [-0.25, -0.2) is 0 Å². The van der Waals surface area contributed by atoms with Crippen LogP contribution in [0.25, 0.3) is 17.2 Å². The number of benzene rings is 1. The Balaban J connectivity index is 1.34. The van der Waals surface area contributed by atoms with Crippen LogP contribution in [0.4, 0.5) is 5.69 Å². The second kappa shape index (κ2) is 9.53. The van der Waals surface area contributed by atoms with Gasteiger partial charge in [-0.15, -0.1) is 0 Å². The zero-order valence-electron chi connectivity index (χ0n) is 19.5. The summed E-state index contributed by atoms with van der Waals surface area (Å²) in [5.74, 6) is 0.758. The number of aromatic nitrogens is 1. The van der Waals surface area contributed by atoms with E-state index in [0.29, 0.717) is 17.4 Å². The van der Waals surface area contributed by atoms with Gasteiger partial charge in [-0.05, 0) is 31.0 Å². The van der Waals surface area contributed by atoms with Crippen molar-refractivity contribution in [3.05, 3.63) is 47.3 Å². The lowest BCUT2D eigenvalue weighted by Crippen LogP contribution is -2.50. The molecule has 1 aromatic heterocycles. The number of carbonyl (C=O) groups excluding carboxylic acids is 1. The van der Waals surface area contributed by atoms with Crippen LogP contribution in [0.5, 0.6) is 5.75 Å². The van der Waals surface area contributed by atoms with Gasteiger partial charge >= 0.3 is 0 Å². The summed E-state index contributed by atoms with van der Waals surface area (Å²) in [5, 5.41) is 3.33. The Morgan fingerprint density at radius 3 is 2.67 bits per heavy atom. The molecule has 2 saturated heterocycles. The lowest BCUT2D eigenvalue weighted by atomic mass is 9.98. The van der Waals surface area contributed by atoms with Crippen molar-refractivity contribution in [3.8, 4) is 16.9 Å². The lowest BCUT2D eigenvalue weighted by molar-refractivity contribution is 0.00159. The molecule has 5 rings (SSSR count). The molecule has 2 aromatic rings. The number of morpholine rings is 1. The number of methoxy groups -OCH3 is 1. The third-order valence-corrected chi connectivity index (χ3v) is 7.10. The average molecular weight is 449 g/mol. The number of hydrogen-bond donors (Lipinski definition) is 1. The summed E-state index contributed by atoms with van der Waals surface area (Å²) in [7, 11) is 3.58. The van der Waals surface area contributed by atoms with E-state index in [1.807, 2.05) is 36.3 Å². The molecule has 0 atom stereocenters. The first-order chi connectivity index (χ1) is 16.2. The Morgan fingerprint density at radius 1 is 1.15 bits per heavy atom. The second-order valence-electron chi connectivity index (χ2n) is 8.85. The van der Waals surface area contributed by atoms with Crippen LogP contribution in [0.15, 0.2) is 30.5 Å². The fraction of sp³-hybridized carbons (Fsp3) is 0.462. The predicted molar refractivity (Wildman–Crippen MR) is 130 cm³/mol. The fourth-order valence-electron chi connectivity index (χ4n) is 5.28. The Kier molecular flexibility index (Phi) is 6.33. The van der Waals surface area contributed by atoms with Gasteiger partial charge in [0.25, 0.3) is 5.91 Å². The van der Waals surface area contributed by atoms with Crippen LogP contribution in [0.1, 0.15) is 34.5 Å². The third kappa shape index (κ3) is 4.23. The average Bonchev–Trinajstić information content (AvgIpc) is 3.37. The highest BCUT2D eigenvalue weighted by molar-refractivity contribution is 5.96. The van der Waals surface area contributed by atoms with Gasteiger partial charge in [-0.3, -0.25) is 14.7 Å². The molecule has 0 bridgehead atoms. The molecule has 3 heterocycles. The standard InChI is InChI=1S/C26H32N4O3/c1-27-25-21-4-3-5-23(21)28-17-22(25)20-7-6-18(16-24(20)32-2)26(31)30-10-8-19(9-11-30)29-12-14-33-15-13-29/h3-4,6-7,16-17,19H,5,8-15H2,1-2H3,(H,27,28). The Labute approximate surface area is 195 Å². The van der Waals surface area contributed by atoms with Gasteiger partial charge < -0.3 is 19.7 Å². The molecule has 1 aliphatic carbocycles. The smallest absolute Gasteiger partial charge is 0.253 e. The van der Waals surface area contributed by atoms with Crippen molar-refractivity contribution < 1.29 is 14.3 Å². The molecule has 7 heteroatoms. The normalized spacial score (nSPS) is 18.9. The monoisotopic (exact) mass is 448 g/mol. The first-order valence-electron chi connectivity index (χ1n) is 11.8. The lowest BCUT2D eigenvalue weighted by Gasteiger charge is -2.40. The minimum absolute atomic E-state index is 0.0733. The number of carbonyl (C=O) groups is 1. The number of pyridine rings is 1. The largest absolute Gasteiger partial charge is 0.496 e. The molecule has 1 N–H and O–H groups in total. The topological polar surface area (TPSA) is 66.9 Å². The molecule has 3 aliphatic rings. The summed E-state index contributed by atoms with van der Waals surface area (Å²) in [6, 6.07) is 6.32. The minimum Gasteiger partial charge on any atom is -0.496 e. The van der Waals surface area contributed by atoms with E-state index < -0.39 is 0 Å². The van der Waals surface area contributed by atoms with E-state index in [-0.39, 0.29) is 5.91 Å². The SMILES string of the molecule is CNc1c(-c2ccc(C(=O)N3CCC(N4CCOCC4)CC3)cc2OC)cnc2c1C=CC2. The van der Waals surface area contributed by atoms with E-state index in [2.05, 4.69) is 27.4 Å². The van der Waals surface area contributed by atoms with Crippen molar-refractivity contribution in [1.29, 1.82) is 0 Å². The van der Waals surface area contributed by atoms with E-state index in [1.54, 1.807) is 7.11 Å². The summed E-state index contributed by atoms with van der Waals surface area (Å²) < 4.78 is 11.2. The van der Waals surface area contributed by atoms with Gasteiger partial charge in [-0.1, -0.05) is 12.2 Å². The number of nitrogens with zero attached hydrogens (tertiary/aromatic N) is 3. The maximum Gasteiger partial charge on any atom is 0.253 e. The molecule has 7 nitrogen and oxygen atoms in total. The highest BCUT2D eigenvalue weighted by atomic mass is 16.5. The van der Waals surface area contributed by atoms with Crippen LogP contribution in [-0.2, 0) is 11.2 Å². The maximum atomic E-state index is 13.3. The predicted octanol–water partition coefficient (Wildman–Crippen LogP) is 3.31. The summed E-state index contributed by atoms with van der Waals surface area (Å²) in [4.78, 5) is 22.4. The summed E-state index contributed by atoms with van der Waals surface area (Å²) in [5.41, 5.74) is 5.82. The molecule has 0 unspecified atom stereocenters. The van der Waals surface area contributed by atoms with E-state index in [0.717, 1.165) is 86.7 Å².